The first-order valence-corrected chi connectivity index (χ1v) is 13.3. The van der Waals surface area contributed by atoms with Gasteiger partial charge in [0.15, 0.2) is 9.84 Å². The summed E-state index contributed by atoms with van der Waals surface area (Å²) in [4.78, 5) is 24.4. The Kier molecular flexibility index (Phi) is 7.35. The molecule has 2 heterocycles. The molecule has 0 unspecified atom stereocenters. The number of hydrogen-bond donors (Lipinski definition) is 2. The van der Waals surface area contributed by atoms with E-state index in [9.17, 15) is 18.0 Å². The standard InChI is InChI=1S/C26H29N3O5S/c1-17-23(18(2)34-29-17)12-14-27-26(31)20-8-6-19(7-9-20)13-15-35(32,33)22-10-11-24-21(16-22)4-3-5-25(30)28-24/h6-11,16H,3-5,12-15H2,1-2H3,(H,27,31)(H,28,30). The molecule has 2 aromatic carbocycles. The molecule has 3 aromatic rings. The van der Waals surface area contributed by atoms with Crippen molar-refractivity contribution in [3.05, 3.63) is 76.2 Å². The van der Waals surface area contributed by atoms with Crippen molar-refractivity contribution in [3.8, 4) is 0 Å². The molecule has 0 radical (unpaired) electrons. The summed E-state index contributed by atoms with van der Waals surface area (Å²) < 4.78 is 31.0. The minimum Gasteiger partial charge on any atom is -0.361 e. The third kappa shape index (κ3) is 5.97. The van der Waals surface area contributed by atoms with Gasteiger partial charge in [-0.1, -0.05) is 17.3 Å². The highest BCUT2D eigenvalue weighted by molar-refractivity contribution is 7.91. The number of nitrogens with zero attached hydrogens (tertiary/aromatic N) is 1. The molecule has 1 aliphatic heterocycles. The zero-order valence-corrected chi connectivity index (χ0v) is 20.7. The summed E-state index contributed by atoms with van der Waals surface area (Å²) in [7, 11) is -3.49. The van der Waals surface area contributed by atoms with Crippen LogP contribution in [0.2, 0.25) is 0 Å². The van der Waals surface area contributed by atoms with Crippen LogP contribution in [0.3, 0.4) is 0 Å². The molecule has 0 saturated heterocycles. The molecular formula is C26H29N3O5S. The summed E-state index contributed by atoms with van der Waals surface area (Å²) in [5.41, 5.74) is 4.72. The minimum atomic E-state index is -3.49. The highest BCUT2D eigenvalue weighted by Crippen LogP contribution is 2.26. The number of hydrogen-bond acceptors (Lipinski definition) is 6. The van der Waals surface area contributed by atoms with Gasteiger partial charge in [0.05, 0.1) is 16.3 Å². The number of aryl methyl sites for hydroxylation is 4. The molecule has 0 bridgehead atoms. The molecular weight excluding hydrogens is 466 g/mol. The maximum Gasteiger partial charge on any atom is 0.251 e. The van der Waals surface area contributed by atoms with Gasteiger partial charge in [0.1, 0.15) is 5.76 Å². The zero-order valence-electron chi connectivity index (χ0n) is 19.9. The number of benzene rings is 2. The van der Waals surface area contributed by atoms with Gasteiger partial charge < -0.3 is 15.2 Å². The van der Waals surface area contributed by atoms with Crippen LogP contribution >= 0.6 is 0 Å². The van der Waals surface area contributed by atoms with E-state index in [1.54, 1.807) is 42.5 Å². The third-order valence-corrected chi connectivity index (χ3v) is 7.99. The van der Waals surface area contributed by atoms with Gasteiger partial charge in [0.25, 0.3) is 5.91 Å². The summed E-state index contributed by atoms with van der Waals surface area (Å²) in [6, 6.07) is 11.9. The molecule has 0 spiro atoms. The monoisotopic (exact) mass is 495 g/mol. The Morgan fingerprint density at radius 3 is 2.57 bits per heavy atom. The van der Waals surface area contributed by atoms with Gasteiger partial charge in [-0.25, -0.2) is 8.42 Å². The summed E-state index contributed by atoms with van der Waals surface area (Å²) in [5, 5.41) is 9.63. The number of fused-ring (bicyclic) bond motifs is 1. The Balaban J connectivity index is 1.32. The number of amides is 2. The van der Waals surface area contributed by atoms with Crippen molar-refractivity contribution in [2.45, 2.75) is 50.8 Å². The largest absolute Gasteiger partial charge is 0.361 e. The molecule has 1 aliphatic rings. The molecule has 0 atom stereocenters. The van der Waals surface area contributed by atoms with Crippen molar-refractivity contribution in [2.24, 2.45) is 0 Å². The highest BCUT2D eigenvalue weighted by Gasteiger charge is 2.19. The van der Waals surface area contributed by atoms with Crippen molar-refractivity contribution in [2.75, 3.05) is 17.6 Å². The van der Waals surface area contributed by atoms with Crippen LogP contribution in [-0.4, -0.2) is 37.7 Å². The Hall–Kier alpha value is -3.46. The van der Waals surface area contributed by atoms with Gasteiger partial charge >= 0.3 is 0 Å². The topological polar surface area (TPSA) is 118 Å². The second kappa shape index (κ2) is 10.4. The molecule has 0 saturated carbocycles. The van der Waals surface area contributed by atoms with Crippen LogP contribution in [0.25, 0.3) is 0 Å². The number of aromatic nitrogens is 1. The van der Waals surface area contributed by atoms with Crippen molar-refractivity contribution in [3.63, 3.8) is 0 Å². The molecule has 184 valence electrons. The number of carbonyl (C=O) groups is 2. The third-order valence-electron chi connectivity index (χ3n) is 6.28. The minimum absolute atomic E-state index is 0.0405. The van der Waals surface area contributed by atoms with E-state index < -0.39 is 9.84 Å². The predicted molar refractivity (Wildman–Crippen MR) is 132 cm³/mol. The van der Waals surface area contributed by atoms with Crippen LogP contribution in [0.5, 0.6) is 0 Å². The average Bonchev–Trinajstić information content (AvgIpc) is 3.03. The molecule has 9 heteroatoms. The second-order valence-corrected chi connectivity index (χ2v) is 10.9. The lowest BCUT2D eigenvalue weighted by molar-refractivity contribution is -0.116. The highest BCUT2D eigenvalue weighted by atomic mass is 32.2. The maximum absolute atomic E-state index is 12.9. The van der Waals surface area contributed by atoms with Crippen LogP contribution < -0.4 is 10.6 Å². The van der Waals surface area contributed by atoms with Crippen LogP contribution in [0.4, 0.5) is 5.69 Å². The Labute approximate surface area is 205 Å². The molecule has 0 aliphatic carbocycles. The Morgan fingerprint density at radius 1 is 1.09 bits per heavy atom. The molecule has 35 heavy (non-hydrogen) atoms. The maximum atomic E-state index is 12.9. The second-order valence-electron chi connectivity index (χ2n) is 8.80. The SMILES string of the molecule is Cc1noc(C)c1CCNC(=O)c1ccc(CCS(=O)(=O)c2ccc3c(c2)CCCC(=O)N3)cc1. The molecule has 2 N–H and O–H groups in total. The van der Waals surface area contributed by atoms with Gasteiger partial charge in [-0.15, -0.1) is 0 Å². The summed E-state index contributed by atoms with van der Waals surface area (Å²) in [6.07, 6.45) is 2.77. The summed E-state index contributed by atoms with van der Waals surface area (Å²) >= 11 is 0. The zero-order chi connectivity index (χ0) is 25.0. The Morgan fingerprint density at radius 2 is 1.86 bits per heavy atom. The molecule has 4 rings (SSSR count). The van der Waals surface area contributed by atoms with Gasteiger partial charge in [0.2, 0.25) is 5.91 Å². The van der Waals surface area contributed by atoms with E-state index in [0.29, 0.717) is 49.9 Å². The fourth-order valence-corrected chi connectivity index (χ4v) is 5.54. The number of carbonyl (C=O) groups excluding carboxylic acids is 2. The smallest absolute Gasteiger partial charge is 0.251 e. The molecule has 2 amide bonds. The van der Waals surface area contributed by atoms with Crippen molar-refractivity contribution >= 4 is 27.3 Å². The van der Waals surface area contributed by atoms with E-state index in [-0.39, 0.29) is 22.5 Å². The molecule has 8 nitrogen and oxygen atoms in total. The first-order valence-electron chi connectivity index (χ1n) is 11.7. The van der Waals surface area contributed by atoms with Crippen LogP contribution in [0.1, 0.15) is 51.3 Å². The van der Waals surface area contributed by atoms with Crippen LogP contribution in [0, 0.1) is 13.8 Å². The summed E-state index contributed by atoms with van der Waals surface area (Å²) in [6.45, 7) is 4.19. The average molecular weight is 496 g/mol. The first kappa shape index (κ1) is 24.7. The fraction of sp³-hybridized carbons (Fsp3) is 0.346. The van der Waals surface area contributed by atoms with Crippen LogP contribution in [-0.2, 0) is 33.9 Å². The van der Waals surface area contributed by atoms with Crippen LogP contribution in [0.15, 0.2) is 51.9 Å². The van der Waals surface area contributed by atoms with Gasteiger partial charge in [-0.05, 0) is 81.0 Å². The van der Waals surface area contributed by atoms with E-state index in [4.69, 9.17) is 4.52 Å². The fourth-order valence-electron chi connectivity index (χ4n) is 4.20. The van der Waals surface area contributed by atoms with Crippen molar-refractivity contribution in [1.82, 2.24) is 10.5 Å². The van der Waals surface area contributed by atoms with E-state index in [1.165, 1.54) is 0 Å². The molecule has 1 aromatic heterocycles. The number of nitrogens with one attached hydrogen (secondary N) is 2. The van der Waals surface area contributed by atoms with Gasteiger partial charge in [-0.3, -0.25) is 9.59 Å². The molecule has 0 fully saturated rings. The van der Waals surface area contributed by atoms with Gasteiger partial charge in [0, 0.05) is 29.8 Å². The number of anilines is 1. The number of rotatable bonds is 8. The lowest BCUT2D eigenvalue weighted by atomic mass is 10.1. The Bertz CT molecular complexity index is 1320. The van der Waals surface area contributed by atoms with E-state index >= 15 is 0 Å². The number of sulfone groups is 1. The van der Waals surface area contributed by atoms with Crippen molar-refractivity contribution < 1.29 is 22.5 Å². The van der Waals surface area contributed by atoms with E-state index in [2.05, 4.69) is 15.8 Å². The first-order chi connectivity index (χ1) is 16.7. The lowest BCUT2D eigenvalue weighted by Crippen LogP contribution is -2.25. The predicted octanol–water partition coefficient (Wildman–Crippen LogP) is 3.56. The normalized spacial score (nSPS) is 13.6. The quantitative estimate of drug-likeness (QED) is 0.493. The van der Waals surface area contributed by atoms with Gasteiger partial charge in [-0.2, -0.15) is 0 Å². The summed E-state index contributed by atoms with van der Waals surface area (Å²) in [5.74, 6) is 0.486. The van der Waals surface area contributed by atoms with E-state index in [0.717, 1.165) is 28.1 Å². The lowest BCUT2D eigenvalue weighted by Gasteiger charge is -2.10. The van der Waals surface area contributed by atoms with Crippen molar-refractivity contribution in [1.29, 1.82) is 0 Å². The van der Waals surface area contributed by atoms with E-state index in [1.807, 2.05) is 13.8 Å².